The van der Waals surface area contributed by atoms with Crippen LogP contribution in [0, 0.1) is 12.1 Å². The van der Waals surface area contributed by atoms with E-state index in [-0.39, 0.29) is 24.5 Å². The molecule has 0 nitrogen and oxygen atoms in total. The average Bonchev–Trinajstić information content (AvgIpc) is 2.75. The summed E-state index contributed by atoms with van der Waals surface area (Å²) < 4.78 is 0. The first-order valence-electron chi connectivity index (χ1n) is 9.43. The average molecular weight is 383 g/mol. The van der Waals surface area contributed by atoms with Gasteiger partial charge in [-0.2, -0.15) is 71.8 Å². The maximum Gasteiger partial charge on any atom is 2.00 e. The predicted molar refractivity (Wildman–Crippen MR) is 112 cm³/mol. The Hall–Kier alpha value is -1.76. The van der Waals surface area contributed by atoms with E-state index in [0.29, 0.717) is 0 Å². The van der Waals surface area contributed by atoms with E-state index in [2.05, 4.69) is 60.7 Å². The minimum Gasteiger partial charge on any atom is -0.180 e. The van der Waals surface area contributed by atoms with Crippen molar-refractivity contribution in [3.63, 3.8) is 0 Å². The van der Waals surface area contributed by atoms with Gasteiger partial charge in [-0.15, -0.1) is 0 Å². The topological polar surface area (TPSA) is 0 Å². The van der Waals surface area contributed by atoms with E-state index in [0.717, 1.165) is 0 Å². The molecule has 0 aliphatic carbocycles. The summed E-state index contributed by atoms with van der Waals surface area (Å²) in [5.74, 6) is 0.198. The molecule has 1 heteroatoms. The van der Waals surface area contributed by atoms with Gasteiger partial charge in [-0.05, 0) is 11.5 Å². The second-order valence-electron chi connectivity index (χ2n) is 4.48. The predicted octanol–water partition coefficient (Wildman–Crippen LogP) is 7.54. The van der Waals surface area contributed by atoms with E-state index in [4.69, 9.17) is 0 Å². The van der Waals surface area contributed by atoms with Gasteiger partial charge in [0, 0.05) is 0 Å². The third-order valence-electron chi connectivity index (χ3n) is 3.22. The molecule has 137 valence electrons. The summed E-state index contributed by atoms with van der Waals surface area (Å²) in [5, 5.41) is 0. The molecule has 0 heterocycles. The van der Waals surface area contributed by atoms with E-state index < -0.39 is 0 Å². The normalized spacial score (nSPS) is 8.42. The molecule has 0 fully saturated rings. The second-order valence-corrected chi connectivity index (χ2v) is 4.48. The van der Waals surface area contributed by atoms with Gasteiger partial charge < -0.3 is 0 Å². The number of hydrogen-bond acceptors (Lipinski definition) is 0. The van der Waals surface area contributed by atoms with Crippen LogP contribution in [-0.4, -0.2) is 0 Å². The maximum absolute atomic E-state index is 3.35. The van der Waals surface area contributed by atoms with Gasteiger partial charge >= 0.3 is 18.6 Å². The van der Waals surface area contributed by atoms with E-state index in [9.17, 15) is 0 Å². The zero-order valence-corrected chi connectivity index (χ0v) is 18.4. The van der Waals surface area contributed by atoms with Crippen LogP contribution in [0.5, 0.6) is 0 Å². The molecule has 3 aromatic carbocycles. The van der Waals surface area contributed by atoms with Crippen LogP contribution < -0.4 is 0 Å². The zero-order chi connectivity index (χ0) is 18.9. The molecule has 26 heavy (non-hydrogen) atoms. The molecule has 0 aliphatic rings. The standard InChI is InChI=1S/C19H14.3C2H6.V/c1-4-10-16(11-5-1)19(17-12-6-2-7-13-17)18-14-8-3-9-15-18;3*1-2;/h1-12,14,19H;3*1-2H3;/q-2;;;;+2. The SMILES string of the molecule is CC.CC.CC.[V+2].[c-]1ccccc1C(c1[c-]cccc1)c1ccccc1. The van der Waals surface area contributed by atoms with Crippen molar-refractivity contribution in [2.45, 2.75) is 47.5 Å². The summed E-state index contributed by atoms with van der Waals surface area (Å²) in [5.41, 5.74) is 3.62. The fraction of sp³-hybridized carbons (Fsp3) is 0.280. The summed E-state index contributed by atoms with van der Waals surface area (Å²) >= 11 is 0. The third kappa shape index (κ3) is 8.56. The van der Waals surface area contributed by atoms with Crippen molar-refractivity contribution in [3.05, 3.63) is 108 Å². The van der Waals surface area contributed by atoms with E-state index >= 15 is 0 Å². The van der Waals surface area contributed by atoms with E-state index in [1.54, 1.807) is 0 Å². The summed E-state index contributed by atoms with van der Waals surface area (Å²) in [6.45, 7) is 12.0. The second kappa shape index (κ2) is 18.0. The van der Waals surface area contributed by atoms with Gasteiger partial charge in [0.1, 0.15) is 0 Å². The van der Waals surface area contributed by atoms with Crippen molar-refractivity contribution in [3.8, 4) is 0 Å². The molecule has 1 radical (unpaired) electrons. The van der Waals surface area contributed by atoms with Crippen molar-refractivity contribution < 1.29 is 18.6 Å². The number of hydrogen-bond donors (Lipinski definition) is 0. The zero-order valence-electron chi connectivity index (χ0n) is 17.0. The Morgan fingerprint density at radius 2 is 0.923 bits per heavy atom. The molecule has 3 rings (SSSR count). The van der Waals surface area contributed by atoms with Crippen LogP contribution in [0.25, 0.3) is 0 Å². The van der Waals surface area contributed by atoms with Gasteiger partial charge in [-0.1, -0.05) is 71.9 Å². The van der Waals surface area contributed by atoms with Crippen LogP contribution in [-0.2, 0) is 18.6 Å². The van der Waals surface area contributed by atoms with Gasteiger partial charge in [0.25, 0.3) is 0 Å². The number of rotatable bonds is 3. The Balaban J connectivity index is 0. The van der Waals surface area contributed by atoms with E-state index in [1.807, 2.05) is 71.9 Å². The molecular weight excluding hydrogens is 351 g/mol. The van der Waals surface area contributed by atoms with Crippen molar-refractivity contribution in [1.29, 1.82) is 0 Å². The van der Waals surface area contributed by atoms with Crippen LogP contribution in [0.15, 0.2) is 78.9 Å². The molecule has 0 aliphatic heterocycles. The number of benzene rings is 3. The maximum atomic E-state index is 3.35. The van der Waals surface area contributed by atoms with Crippen molar-refractivity contribution >= 4 is 0 Å². The Kier molecular flexibility index (Phi) is 18.4. The fourth-order valence-corrected chi connectivity index (χ4v) is 2.35. The molecule has 0 aromatic heterocycles. The van der Waals surface area contributed by atoms with Crippen LogP contribution >= 0.6 is 0 Å². The fourth-order valence-electron chi connectivity index (χ4n) is 2.35. The van der Waals surface area contributed by atoms with Crippen molar-refractivity contribution in [2.75, 3.05) is 0 Å². The molecule has 3 aromatic rings. The molecule has 0 amide bonds. The quantitative estimate of drug-likeness (QED) is 0.324. The Morgan fingerprint density at radius 1 is 0.538 bits per heavy atom. The Labute approximate surface area is 173 Å². The van der Waals surface area contributed by atoms with Gasteiger partial charge in [0.2, 0.25) is 0 Å². The Bertz CT molecular complexity index is 524. The van der Waals surface area contributed by atoms with Gasteiger partial charge in [0.15, 0.2) is 0 Å². The summed E-state index contributed by atoms with van der Waals surface area (Å²) in [6.07, 6.45) is 0. The van der Waals surface area contributed by atoms with Crippen LogP contribution in [0.4, 0.5) is 0 Å². The first-order valence-corrected chi connectivity index (χ1v) is 9.43. The molecule has 0 saturated carbocycles. The van der Waals surface area contributed by atoms with Gasteiger partial charge in [0.05, 0.1) is 0 Å². The summed E-state index contributed by atoms with van der Waals surface area (Å²) in [6, 6.07) is 33.5. The van der Waals surface area contributed by atoms with E-state index in [1.165, 1.54) is 16.7 Å². The summed E-state index contributed by atoms with van der Waals surface area (Å²) in [7, 11) is 0. The molecular formula is C25H32V. The molecule has 0 atom stereocenters. The molecule has 0 bridgehead atoms. The largest absolute Gasteiger partial charge is 2.00 e. The van der Waals surface area contributed by atoms with Gasteiger partial charge in [-0.25, -0.2) is 0 Å². The smallest absolute Gasteiger partial charge is 0.180 e. The van der Waals surface area contributed by atoms with Crippen LogP contribution in [0.1, 0.15) is 64.2 Å². The first-order chi connectivity index (χ1) is 12.4. The molecule has 0 saturated heterocycles. The summed E-state index contributed by atoms with van der Waals surface area (Å²) in [4.78, 5) is 0. The molecule has 0 spiro atoms. The molecule has 0 N–H and O–H groups in total. The minimum absolute atomic E-state index is 0. The van der Waals surface area contributed by atoms with Crippen LogP contribution in [0.2, 0.25) is 0 Å². The minimum atomic E-state index is 0. The Morgan fingerprint density at radius 3 is 1.27 bits per heavy atom. The molecule has 0 unspecified atom stereocenters. The van der Waals surface area contributed by atoms with Crippen molar-refractivity contribution in [2.24, 2.45) is 0 Å². The monoisotopic (exact) mass is 383 g/mol. The third-order valence-corrected chi connectivity index (χ3v) is 3.22. The van der Waals surface area contributed by atoms with Crippen molar-refractivity contribution in [1.82, 2.24) is 0 Å². The first kappa shape index (κ1) is 26.5. The van der Waals surface area contributed by atoms with Gasteiger partial charge in [-0.3, -0.25) is 0 Å². The van der Waals surface area contributed by atoms with Crippen LogP contribution in [0.3, 0.4) is 0 Å².